The molecule has 3 heterocycles. The van der Waals surface area contributed by atoms with Gasteiger partial charge in [0.05, 0.1) is 0 Å². The molecule has 0 radical (unpaired) electrons. The summed E-state index contributed by atoms with van der Waals surface area (Å²) in [7, 11) is 1.94. The molecule has 1 aromatic rings. The van der Waals surface area contributed by atoms with Crippen LogP contribution in [0.2, 0.25) is 0 Å². The van der Waals surface area contributed by atoms with Crippen LogP contribution in [0.25, 0.3) is 0 Å². The number of rotatable bonds is 5. The van der Waals surface area contributed by atoms with E-state index in [1.165, 1.54) is 25.9 Å². The number of nitrogens with zero attached hydrogens (tertiary/aromatic N) is 3. The van der Waals surface area contributed by atoms with Gasteiger partial charge in [-0.1, -0.05) is 0 Å². The molecule has 1 amide bonds. The van der Waals surface area contributed by atoms with E-state index < -0.39 is 0 Å². The maximum atomic E-state index is 13.0. The fourth-order valence-electron chi connectivity index (χ4n) is 3.53. The highest BCUT2D eigenvalue weighted by molar-refractivity contribution is 5.93. The summed E-state index contributed by atoms with van der Waals surface area (Å²) >= 11 is 0. The first-order valence-corrected chi connectivity index (χ1v) is 8.48. The van der Waals surface area contributed by atoms with E-state index in [9.17, 15) is 4.79 Å². The van der Waals surface area contributed by atoms with Gasteiger partial charge in [0.1, 0.15) is 5.69 Å². The Hall–Kier alpha value is -1.33. The Morgan fingerprint density at radius 2 is 2.05 bits per heavy atom. The minimum atomic E-state index is 0.165. The van der Waals surface area contributed by atoms with E-state index in [-0.39, 0.29) is 5.91 Å². The molecular weight excluding hydrogens is 278 g/mol. The predicted molar refractivity (Wildman–Crippen MR) is 86.0 cm³/mol. The Balaban J connectivity index is 1.69. The summed E-state index contributed by atoms with van der Waals surface area (Å²) in [6.07, 6.45) is 6.44. The van der Waals surface area contributed by atoms with Crippen molar-refractivity contribution in [1.29, 1.82) is 0 Å². The van der Waals surface area contributed by atoms with Crippen LogP contribution < -0.4 is 0 Å². The molecule has 2 aliphatic rings. The minimum absolute atomic E-state index is 0.165. The van der Waals surface area contributed by atoms with Crippen molar-refractivity contribution in [2.75, 3.05) is 39.4 Å². The zero-order valence-corrected chi connectivity index (χ0v) is 13.5. The zero-order valence-electron chi connectivity index (χ0n) is 13.5. The lowest BCUT2D eigenvalue weighted by Gasteiger charge is -2.35. The third-order valence-corrected chi connectivity index (χ3v) is 4.91. The first-order chi connectivity index (χ1) is 10.8. The highest BCUT2D eigenvalue weighted by Gasteiger charge is 2.28. The monoisotopic (exact) mass is 305 g/mol. The summed E-state index contributed by atoms with van der Waals surface area (Å²) in [6, 6.07) is 4.18. The number of hydrogen-bond donors (Lipinski definition) is 0. The molecule has 0 atom stereocenters. The van der Waals surface area contributed by atoms with Gasteiger partial charge in [-0.3, -0.25) is 4.79 Å². The molecule has 0 bridgehead atoms. The van der Waals surface area contributed by atoms with Crippen LogP contribution in [0.4, 0.5) is 0 Å². The normalized spacial score (nSPS) is 20.4. The van der Waals surface area contributed by atoms with Crippen molar-refractivity contribution >= 4 is 5.91 Å². The Labute approximate surface area is 132 Å². The molecule has 22 heavy (non-hydrogen) atoms. The average molecular weight is 305 g/mol. The fraction of sp³-hybridized carbons (Fsp3) is 0.706. The summed E-state index contributed by atoms with van der Waals surface area (Å²) in [5.41, 5.74) is 0.785. The standard InChI is InChI=1S/C17H27N3O2/c1-18-8-4-5-16(18)17(21)20(15-6-13-22-14-7-15)12-11-19-9-2-3-10-19/h4-5,8,15H,2-3,6-7,9-14H2,1H3. The molecule has 2 aliphatic heterocycles. The molecule has 0 saturated carbocycles. The molecule has 122 valence electrons. The molecular formula is C17H27N3O2. The first kappa shape index (κ1) is 15.6. The first-order valence-electron chi connectivity index (χ1n) is 8.48. The van der Waals surface area contributed by atoms with Crippen molar-refractivity contribution in [3.63, 3.8) is 0 Å². The van der Waals surface area contributed by atoms with Crippen LogP contribution in [0, 0.1) is 0 Å². The zero-order chi connectivity index (χ0) is 15.4. The van der Waals surface area contributed by atoms with Gasteiger partial charge in [0.15, 0.2) is 0 Å². The lowest BCUT2D eigenvalue weighted by atomic mass is 10.1. The maximum absolute atomic E-state index is 13.0. The van der Waals surface area contributed by atoms with Gasteiger partial charge in [-0.2, -0.15) is 0 Å². The van der Waals surface area contributed by atoms with Gasteiger partial charge >= 0.3 is 0 Å². The summed E-state index contributed by atoms with van der Waals surface area (Å²) in [5.74, 6) is 0.165. The van der Waals surface area contributed by atoms with E-state index in [0.29, 0.717) is 6.04 Å². The lowest BCUT2D eigenvalue weighted by molar-refractivity contribution is 0.0265. The van der Waals surface area contributed by atoms with Crippen molar-refractivity contribution in [3.05, 3.63) is 24.0 Å². The van der Waals surface area contributed by atoms with E-state index in [0.717, 1.165) is 44.8 Å². The van der Waals surface area contributed by atoms with Crippen LogP contribution in [0.1, 0.15) is 36.2 Å². The number of ether oxygens (including phenoxy) is 1. The maximum Gasteiger partial charge on any atom is 0.270 e. The molecule has 0 N–H and O–H groups in total. The highest BCUT2D eigenvalue weighted by atomic mass is 16.5. The quantitative estimate of drug-likeness (QED) is 0.831. The lowest BCUT2D eigenvalue weighted by Crippen LogP contribution is -2.47. The Kier molecular flexibility index (Phi) is 5.16. The van der Waals surface area contributed by atoms with Gasteiger partial charge in [0.25, 0.3) is 5.91 Å². The van der Waals surface area contributed by atoms with Gasteiger partial charge in [-0.25, -0.2) is 0 Å². The number of carbonyl (C=O) groups excluding carboxylic acids is 1. The van der Waals surface area contributed by atoms with E-state index in [2.05, 4.69) is 9.80 Å². The topological polar surface area (TPSA) is 37.7 Å². The molecule has 2 fully saturated rings. The minimum Gasteiger partial charge on any atom is -0.381 e. The van der Waals surface area contributed by atoms with Crippen LogP contribution in [0.3, 0.4) is 0 Å². The number of hydrogen-bond acceptors (Lipinski definition) is 3. The second kappa shape index (κ2) is 7.29. The smallest absolute Gasteiger partial charge is 0.270 e. The summed E-state index contributed by atoms with van der Waals surface area (Å²) in [4.78, 5) is 17.5. The summed E-state index contributed by atoms with van der Waals surface area (Å²) in [6.45, 7) is 5.72. The van der Waals surface area contributed by atoms with Crippen LogP contribution in [-0.2, 0) is 11.8 Å². The molecule has 5 heteroatoms. The van der Waals surface area contributed by atoms with Crippen molar-refractivity contribution in [2.45, 2.75) is 31.7 Å². The molecule has 3 rings (SSSR count). The number of carbonyl (C=O) groups is 1. The summed E-state index contributed by atoms with van der Waals surface area (Å²) < 4.78 is 7.39. The molecule has 5 nitrogen and oxygen atoms in total. The highest BCUT2D eigenvalue weighted by Crippen LogP contribution is 2.18. The van der Waals surface area contributed by atoms with Crippen molar-refractivity contribution in [2.24, 2.45) is 7.05 Å². The van der Waals surface area contributed by atoms with E-state index in [1.807, 2.05) is 29.9 Å². The third-order valence-electron chi connectivity index (χ3n) is 4.91. The van der Waals surface area contributed by atoms with E-state index in [1.54, 1.807) is 0 Å². The van der Waals surface area contributed by atoms with E-state index in [4.69, 9.17) is 4.74 Å². The average Bonchev–Trinajstić information content (AvgIpc) is 3.20. The number of likely N-dealkylation sites (tertiary alicyclic amines) is 1. The number of aromatic nitrogens is 1. The predicted octanol–water partition coefficient (Wildman–Crippen LogP) is 1.74. The fourth-order valence-corrected chi connectivity index (χ4v) is 3.53. The van der Waals surface area contributed by atoms with Gasteiger partial charge in [0.2, 0.25) is 0 Å². The molecule has 0 aliphatic carbocycles. The van der Waals surface area contributed by atoms with Gasteiger partial charge in [-0.15, -0.1) is 0 Å². The Bertz CT molecular complexity index is 488. The summed E-state index contributed by atoms with van der Waals surface area (Å²) in [5, 5.41) is 0. The number of aryl methyl sites for hydroxylation is 1. The van der Waals surface area contributed by atoms with E-state index >= 15 is 0 Å². The molecule has 0 spiro atoms. The van der Waals surface area contributed by atoms with Gasteiger partial charge < -0.3 is 19.1 Å². The third kappa shape index (κ3) is 3.52. The van der Waals surface area contributed by atoms with Gasteiger partial charge in [-0.05, 0) is 50.9 Å². The number of amides is 1. The van der Waals surface area contributed by atoms with Crippen LogP contribution in [0.5, 0.6) is 0 Å². The second-order valence-corrected chi connectivity index (χ2v) is 6.40. The van der Waals surface area contributed by atoms with Crippen molar-refractivity contribution in [1.82, 2.24) is 14.4 Å². The largest absolute Gasteiger partial charge is 0.381 e. The van der Waals surface area contributed by atoms with Crippen LogP contribution in [-0.4, -0.2) is 65.7 Å². The SMILES string of the molecule is Cn1cccc1C(=O)N(CCN1CCCC1)C1CCOCC1. The molecule has 0 aromatic carbocycles. The van der Waals surface area contributed by atoms with Crippen molar-refractivity contribution in [3.8, 4) is 0 Å². The molecule has 0 unspecified atom stereocenters. The van der Waals surface area contributed by atoms with Gasteiger partial charge in [0, 0.05) is 45.6 Å². The van der Waals surface area contributed by atoms with Crippen molar-refractivity contribution < 1.29 is 9.53 Å². The second-order valence-electron chi connectivity index (χ2n) is 6.40. The molecule has 1 aromatic heterocycles. The Morgan fingerprint density at radius 1 is 1.32 bits per heavy atom. The van der Waals surface area contributed by atoms with Crippen LogP contribution >= 0.6 is 0 Å². The molecule has 2 saturated heterocycles. The van der Waals surface area contributed by atoms with Crippen LogP contribution in [0.15, 0.2) is 18.3 Å². The Morgan fingerprint density at radius 3 is 2.68 bits per heavy atom.